The lowest BCUT2D eigenvalue weighted by molar-refractivity contribution is -0.160. The van der Waals surface area contributed by atoms with Gasteiger partial charge in [-0.05, 0) is 38.0 Å². The van der Waals surface area contributed by atoms with E-state index in [1.807, 2.05) is 0 Å². The van der Waals surface area contributed by atoms with Gasteiger partial charge in [0.1, 0.15) is 0 Å². The first kappa shape index (κ1) is 14.0. The summed E-state index contributed by atoms with van der Waals surface area (Å²) in [6.45, 7) is 6.20. The molecule has 4 heteroatoms. The Balaban J connectivity index is 2.78. The molecule has 1 rings (SSSR count). The van der Waals surface area contributed by atoms with E-state index in [2.05, 4.69) is 19.9 Å². The average molecular weight is 239 g/mol. The molecule has 0 amide bonds. The summed E-state index contributed by atoms with van der Waals surface area (Å²) in [7, 11) is 0. The summed E-state index contributed by atoms with van der Waals surface area (Å²) < 4.78 is 4.80. The predicted molar refractivity (Wildman–Crippen MR) is 62.9 cm³/mol. The summed E-state index contributed by atoms with van der Waals surface area (Å²) in [4.78, 5) is 11.5. The minimum atomic E-state index is -1.32. The normalized spacial score (nSPS) is 23.5. The summed E-state index contributed by atoms with van der Waals surface area (Å²) in [5, 5.41) is 19.3. The van der Waals surface area contributed by atoms with E-state index in [0.717, 1.165) is 12.8 Å². The number of nitriles is 1. The highest BCUT2D eigenvalue weighted by molar-refractivity contribution is 5.76. The zero-order valence-corrected chi connectivity index (χ0v) is 10.8. The van der Waals surface area contributed by atoms with Crippen LogP contribution < -0.4 is 0 Å². The van der Waals surface area contributed by atoms with Crippen LogP contribution in [-0.2, 0) is 9.53 Å². The molecule has 0 aromatic carbocycles. The maximum absolute atomic E-state index is 11.5. The van der Waals surface area contributed by atoms with Crippen LogP contribution in [0.25, 0.3) is 0 Å². The number of esters is 1. The molecule has 1 atom stereocenters. The first-order chi connectivity index (χ1) is 7.87. The van der Waals surface area contributed by atoms with Crippen LogP contribution in [0.2, 0.25) is 0 Å². The Labute approximate surface area is 103 Å². The second-order valence-electron chi connectivity index (χ2n) is 5.59. The van der Waals surface area contributed by atoms with Crippen molar-refractivity contribution in [3.63, 3.8) is 0 Å². The topological polar surface area (TPSA) is 70.3 Å². The van der Waals surface area contributed by atoms with Gasteiger partial charge in [0.15, 0.2) is 6.10 Å². The Morgan fingerprint density at radius 2 is 1.94 bits per heavy atom. The van der Waals surface area contributed by atoms with Gasteiger partial charge in [-0.2, -0.15) is 5.26 Å². The van der Waals surface area contributed by atoms with Gasteiger partial charge in [-0.3, -0.25) is 0 Å². The molecule has 0 aliphatic heterocycles. The lowest BCUT2D eigenvalue weighted by Gasteiger charge is -2.40. The SMILES string of the molecule is CCOC(=O)C(O)C1(C#N)CCC(C)(C)CC1. The first-order valence-corrected chi connectivity index (χ1v) is 6.13. The van der Waals surface area contributed by atoms with Crippen molar-refractivity contribution in [3.05, 3.63) is 0 Å². The van der Waals surface area contributed by atoms with Crippen molar-refractivity contribution < 1.29 is 14.6 Å². The summed E-state index contributed by atoms with van der Waals surface area (Å²) in [5.41, 5.74) is -0.767. The lowest BCUT2D eigenvalue weighted by Crippen LogP contribution is -2.44. The molecule has 1 aliphatic rings. The molecule has 96 valence electrons. The third-order valence-electron chi connectivity index (χ3n) is 3.75. The van der Waals surface area contributed by atoms with E-state index in [4.69, 9.17) is 4.74 Å². The van der Waals surface area contributed by atoms with Crippen molar-refractivity contribution >= 4 is 5.97 Å². The molecular formula is C13H21NO3. The summed E-state index contributed by atoms with van der Waals surface area (Å²) in [6.07, 6.45) is 1.48. The van der Waals surface area contributed by atoms with Crippen molar-refractivity contribution in [2.45, 2.75) is 52.6 Å². The van der Waals surface area contributed by atoms with Crippen molar-refractivity contribution in [2.75, 3.05) is 6.61 Å². The van der Waals surface area contributed by atoms with Crippen LogP contribution in [0.4, 0.5) is 0 Å². The standard InChI is InChI=1S/C13H21NO3/c1-4-17-11(16)10(15)13(9-14)7-5-12(2,3)6-8-13/h10,15H,4-8H2,1-3H3. The molecule has 0 heterocycles. The van der Waals surface area contributed by atoms with Gasteiger partial charge >= 0.3 is 5.97 Å². The number of aliphatic hydroxyl groups excluding tert-OH is 1. The Morgan fingerprint density at radius 3 is 2.35 bits per heavy atom. The maximum atomic E-state index is 11.5. The zero-order valence-electron chi connectivity index (χ0n) is 10.8. The quantitative estimate of drug-likeness (QED) is 0.765. The van der Waals surface area contributed by atoms with Crippen LogP contribution in [-0.4, -0.2) is 23.8 Å². The number of aliphatic hydroxyl groups is 1. The van der Waals surface area contributed by atoms with Crippen LogP contribution in [0.5, 0.6) is 0 Å². The van der Waals surface area contributed by atoms with E-state index in [1.165, 1.54) is 0 Å². The van der Waals surface area contributed by atoms with Gasteiger partial charge in [0.05, 0.1) is 18.1 Å². The minimum absolute atomic E-state index is 0.189. The van der Waals surface area contributed by atoms with Crippen molar-refractivity contribution in [2.24, 2.45) is 10.8 Å². The van der Waals surface area contributed by atoms with Gasteiger partial charge < -0.3 is 9.84 Å². The van der Waals surface area contributed by atoms with Crippen LogP contribution in [0.1, 0.15) is 46.5 Å². The second-order valence-corrected chi connectivity index (χ2v) is 5.59. The molecule has 0 aromatic heterocycles. The van der Waals surface area contributed by atoms with E-state index >= 15 is 0 Å². The number of carbonyl (C=O) groups excluding carboxylic acids is 1. The van der Waals surface area contributed by atoms with Crippen LogP contribution >= 0.6 is 0 Å². The first-order valence-electron chi connectivity index (χ1n) is 6.13. The molecule has 0 radical (unpaired) electrons. The number of hydrogen-bond acceptors (Lipinski definition) is 4. The molecule has 1 unspecified atom stereocenters. The lowest BCUT2D eigenvalue weighted by atomic mass is 9.63. The fraction of sp³-hybridized carbons (Fsp3) is 0.846. The molecule has 0 spiro atoms. The molecule has 1 fully saturated rings. The third-order valence-corrected chi connectivity index (χ3v) is 3.75. The molecule has 1 aliphatic carbocycles. The van der Waals surface area contributed by atoms with E-state index in [9.17, 15) is 15.2 Å². The minimum Gasteiger partial charge on any atom is -0.464 e. The zero-order chi connectivity index (χ0) is 13.1. The molecular weight excluding hydrogens is 218 g/mol. The van der Waals surface area contributed by atoms with Crippen LogP contribution in [0, 0.1) is 22.2 Å². The number of rotatable bonds is 3. The number of nitrogens with zero attached hydrogens (tertiary/aromatic N) is 1. The van der Waals surface area contributed by atoms with Crippen LogP contribution in [0.3, 0.4) is 0 Å². The average Bonchev–Trinajstić information content (AvgIpc) is 2.29. The van der Waals surface area contributed by atoms with E-state index in [-0.39, 0.29) is 12.0 Å². The smallest absolute Gasteiger partial charge is 0.336 e. The van der Waals surface area contributed by atoms with Gasteiger partial charge in [-0.15, -0.1) is 0 Å². The number of hydrogen-bond donors (Lipinski definition) is 1. The summed E-state index contributed by atoms with van der Waals surface area (Å²) in [5.74, 6) is -0.672. The molecule has 17 heavy (non-hydrogen) atoms. The predicted octanol–water partition coefficient (Wildman–Crippen LogP) is 2.02. The Hall–Kier alpha value is -1.08. The van der Waals surface area contributed by atoms with Crippen LogP contribution in [0.15, 0.2) is 0 Å². The number of ether oxygens (including phenoxy) is 1. The van der Waals surface area contributed by atoms with Crippen molar-refractivity contribution in [1.82, 2.24) is 0 Å². The monoisotopic (exact) mass is 239 g/mol. The van der Waals surface area contributed by atoms with Crippen molar-refractivity contribution in [1.29, 1.82) is 5.26 Å². The van der Waals surface area contributed by atoms with Gasteiger partial charge in [-0.25, -0.2) is 4.79 Å². The Kier molecular flexibility index (Phi) is 4.16. The highest BCUT2D eigenvalue weighted by atomic mass is 16.5. The summed E-state index contributed by atoms with van der Waals surface area (Å²) in [6, 6.07) is 2.14. The van der Waals surface area contributed by atoms with E-state index in [0.29, 0.717) is 12.8 Å². The van der Waals surface area contributed by atoms with Gasteiger partial charge in [0.25, 0.3) is 0 Å². The fourth-order valence-corrected chi connectivity index (χ4v) is 2.27. The molecule has 1 N–H and O–H groups in total. The van der Waals surface area contributed by atoms with E-state index in [1.54, 1.807) is 6.92 Å². The van der Waals surface area contributed by atoms with Gasteiger partial charge in [-0.1, -0.05) is 13.8 Å². The maximum Gasteiger partial charge on any atom is 0.336 e. The molecule has 0 saturated heterocycles. The third kappa shape index (κ3) is 2.98. The fourth-order valence-electron chi connectivity index (χ4n) is 2.27. The Morgan fingerprint density at radius 1 is 1.41 bits per heavy atom. The molecule has 0 bridgehead atoms. The van der Waals surface area contributed by atoms with E-state index < -0.39 is 17.5 Å². The highest BCUT2D eigenvalue weighted by Gasteiger charge is 2.47. The van der Waals surface area contributed by atoms with Gasteiger partial charge in [0, 0.05) is 0 Å². The number of carbonyl (C=O) groups is 1. The highest BCUT2D eigenvalue weighted by Crippen LogP contribution is 2.46. The summed E-state index contributed by atoms with van der Waals surface area (Å²) >= 11 is 0. The van der Waals surface area contributed by atoms with Crippen molar-refractivity contribution in [3.8, 4) is 6.07 Å². The Bertz CT molecular complexity index is 320. The molecule has 0 aromatic rings. The van der Waals surface area contributed by atoms with Gasteiger partial charge in [0.2, 0.25) is 0 Å². The largest absolute Gasteiger partial charge is 0.464 e. The molecule has 1 saturated carbocycles. The molecule has 4 nitrogen and oxygen atoms in total. The second kappa shape index (κ2) is 5.05.